The number of halogens is 4. The summed E-state index contributed by atoms with van der Waals surface area (Å²) < 4.78 is 57.9. The number of hydrogen-bond donors (Lipinski definition) is 1. The first kappa shape index (κ1) is 17.6. The van der Waals surface area contributed by atoms with Gasteiger partial charge in [0, 0.05) is 18.2 Å². The molecule has 0 fully saturated rings. The number of aromatic nitrogens is 4. The monoisotopic (exact) mass is 368 g/mol. The van der Waals surface area contributed by atoms with Crippen molar-refractivity contribution in [2.45, 2.75) is 12.6 Å². The van der Waals surface area contributed by atoms with E-state index in [1.54, 1.807) is 6.07 Å². The Balaban J connectivity index is 1.62. The van der Waals surface area contributed by atoms with E-state index in [9.17, 15) is 22.4 Å². The first-order valence-electron chi connectivity index (χ1n) is 7.43. The van der Waals surface area contributed by atoms with Crippen LogP contribution in [-0.4, -0.2) is 32.6 Å². The standard InChI is InChI=1S/C16H12F4N4O2/c17-11-3-1-2-4-13(11)24-7-5-12(23-24)15(25)26-8-6-10-9-21-22-14(10)16(18,19)20/h1-5,7,9H,6,8H2,(H,21,22). The van der Waals surface area contributed by atoms with Crippen LogP contribution in [0.15, 0.2) is 42.7 Å². The van der Waals surface area contributed by atoms with E-state index in [1.807, 2.05) is 5.10 Å². The van der Waals surface area contributed by atoms with Gasteiger partial charge in [0.1, 0.15) is 17.2 Å². The maximum Gasteiger partial charge on any atom is 0.433 e. The van der Waals surface area contributed by atoms with Crippen molar-refractivity contribution < 1.29 is 27.1 Å². The van der Waals surface area contributed by atoms with Gasteiger partial charge in [-0.2, -0.15) is 23.4 Å². The zero-order valence-corrected chi connectivity index (χ0v) is 13.1. The van der Waals surface area contributed by atoms with Gasteiger partial charge in [-0.1, -0.05) is 12.1 Å². The van der Waals surface area contributed by atoms with Crippen LogP contribution in [0, 0.1) is 5.82 Å². The summed E-state index contributed by atoms with van der Waals surface area (Å²) in [4.78, 5) is 11.9. The molecule has 0 saturated heterocycles. The number of alkyl halides is 3. The van der Waals surface area contributed by atoms with E-state index in [0.29, 0.717) is 0 Å². The lowest BCUT2D eigenvalue weighted by molar-refractivity contribution is -0.141. The summed E-state index contributed by atoms with van der Waals surface area (Å²) in [5, 5.41) is 9.15. The number of rotatable bonds is 5. The maximum atomic E-state index is 13.7. The van der Waals surface area contributed by atoms with Crippen molar-refractivity contribution >= 4 is 5.97 Å². The summed E-state index contributed by atoms with van der Waals surface area (Å²) in [6.07, 6.45) is -2.31. The fraction of sp³-hybridized carbons (Fsp3) is 0.188. The molecule has 3 rings (SSSR count). The second kappa shape index (κ2) is 6.98. The number of H-pyrrole nitrogens is 1. The van der Waals surface area contributed by atoms with Crippen molar-refractivity contribution in [1.82, 2.24) is 20.0 Å². The van der Waals surface area contributed by atoms with Gasteiger partial charge in [-0.3, -0.25) is 5.10 Å². The molecule has 0 bridgehead atoms. The zero-order chi connectivity index (χ0) is 18.7. The smallest absolute Gasteiger partial charge is 0.433 e. The van der Waals surface area contributed by atoms with E-state index in [-0.39, 0.29) is 30.0 Å². The number of aromatic amines is 1. The summed E-state index contributed by atoms with van der Waals surface area (Å²) in [7, 11) is 0. The summed E-state index contributed by atoms with van der Waals surface area (Å²) in [6, 6.07) is 7.19. The number of esters is 1. The molecular weight excluding hydrogens is 356 g/mol. The van der Waals surface area contributed by atoms with E-state index < -0.39 is 23.7 Å². The predicted molar refractivity (Wildman–Crippen MR) is 81.1 cm³/mol. The first-order chi connectivity index (χ1) is 12.4. The Morgan fingerprint density at radius 3 is 2.73 bits per heavy atom. The predicted octanol–water partition coefficient (Wildman–Crippen LogP) is 3.15. The molecule has 0 aliphatic rings. The molecule has 26 heavy (non-hydrogen) atoms. The third kappa shape index (κ3) is 3.73. The largest absolute Gasteiger partial charge is 0.461 e. The fourth-order valence-corrected chi connectivity index (χ4v) is 2.28. The summed E-state index contributed by atoms with van der Waals surface area (Å²) >= 11 is 0. The fourth-order valence-electron chi connectivity index (χ4n) is 2.28. The number of nitrogens with zero attached hydrogens (tertiary/aromatic N) is 3. The van der Waals surface area contributed by atoms with Crippen molar-refractivity contribution in [3.63, 3.8) is 0 Å². The molecule has 136 valence electrons. The number of carbonyl (C=O) groups is 1. The zero-order valence-electron chi connectivity index (χ0n) is 13.1. The minimum absolute atomic E-state index is 0.0866. The van der Waals surface area contributed by atoms with Gasteiger partial charge in [0.15, 0.2) is 5.69 Å². The average Bonchev–Trinajstić information content (AvgIpc) is 3.24. The Bertz CT molecular complexity index is 917. The number of para-hydroxylation sites is 1. The second-order valence-corrected chi connectivity index (χ2v) is 5.25. The summed E-state index contributed by atoms with van der Waals surface area (Å²) in [5.74, 6) is -1.34. The third-order valence-corrected chi connectivity index (χ3v) is 3.50. The molecule has 0 radical (unpaired) electrons. The molecular formula is C16H12F4N4O2. The van der Waals surface area contributed by atoms with Crippen molar-refractivity contribution in [3.05, 3.63) is 65.5 Å². The lowest BCUT2D eigenvalue weighted by atomic mass is 10.2. The van der Waals surface area contributed by atoms with Crippen LogP contribution in [0.3, 0.4) is 0 Å². The van der Waals surface area contributed by atoms with Gasteiger partial charge >= 0.3 is 12.1 Å². The highest BCUT2D eigenvalue weighted by Gasteiger charge is 2.35. The molecule has 0 atom stereocenters. The van der Waals surface area contributed by atoms with E-state index in [4.69, 9.17) is 4.74 Å². The molecule has 1 aromatic carbocycles. The van der Waals surface area contributed by atoms with Crippen LogP contribution in [0.5, 0.6) is 0 Å². The van der Waals surface area contributed by atoms with E-state index in [1.165, 1.54) is 35.1 Å². The highest BCUT2D eigenvalue weighted by atomic mass is 19.4. The highest BCUT2D eigenvalue weighted by Crippen LogP contribution is 2.30. The molecule has 3 aromatic rings. The Morgan fingerprint density at radius 1 is 1.23 bits per heavy atom. The molecule has 2 heterocycles. The molecule has 2 aromatic heterocycles. The number of benzene rings is 1. The van der Waals surface area contributed by atoms with Crippen molar-refractivity contribution in [2.75, 3.05) is 6.61 Å². The van der Waals surface area contributed by atoms with E-state index >= 15 is 0 Å². The molecule has 0 unspecified atom stereocenters. The van der Waals surface area contributed by atoms with Crippen LogP contribution in [-0.2, 0) is 17.3 Å². The minimum Gasteiger partial charge on any atom is -0.461 e. The van der Waals surface area contributed by atoms with Gasteiger partial charge in [0.05, 0.1) is 12.8 Å². The molecule has 0 aliphatic heterocycles. The Morgan fingerprint density at radius 2 is 2.00 bits per heavy atom. The first-order valence-corrected chi connectivity index (χ1v) is 7.43. The number of nitrogens with one attached hydrogen (secondary N) is 1. The van der Waals surface area contributed by atoms with Crippen molar-refractivity contribution in [1.29, 1.82) is 0 Å². The molecule has 0 saturated carbocycles. The number of carbonyl (C=O) groups excluding carboxylic acids is 1. The number of ether oxygens (including phenoxy) is 1. The van der Waals surface area contributed by atoms with Crippen LogP contribution in [0.25, 0.3) is 5.69 Å². The van der Waals surface area contributed by atoms with Crippen molar-refractivity contribution in [3.8, 4) is 5.69 Å². The third-order valence-electron chi connectivity index (χ3n) is 3.50. The molecule has 10 heteroatoms. The second-order valence-electron chi connectivity index (χ2n) is 5.25. The van der Waals surface area contributed by atoms with E-state index in [2.05, 4.69) is 10.2 Å². The summed E-state index contributed by atoms with van der Waals surface area (Å²) in [5.41, 5.74) is -1.02. The van der Waals surface area contributed by atoms with Gasteiger partial charge < -0.3 is 4.74 Å². The molecule has 1 N–H and O–H groups in total. The summed E-state index contributed by atoms with van der Waals surface area (Å²) in [6.45, 7) is -0.284. The van der Waals surface area contributed by atoms with Gasteiger partial charge in [-0.15, -0.1) is 0 Å². The average molecular weight is 368 g/mol. The van der Waals surface area contributed by atoms with Gasteiger partial charge in [0.2, 0.25) is 0 Å². The number of hydrogen-bond acceptors (Lipinski definition) is 4. The van der Waals surface area contributed by atoms with Crippen LogP contribution in [0.2, 0.25) is 0 Å². The molecule has 0 spiro atoms. The lowest BCUT2D eigenvalue weighted by Gasteiger charge is -2.07. The SMILES string of the molecule is O=C(OCCc1cn[nH]c1C(F)(F)F)c1ccn(-c2ccccc2F)n1. The van der Waals surface area contributed by atoms with Crippen LogP contribution >= 0.6 is 0 Å². The maximum absolute atomic E-state index is 13.7. The Hall–Kier alpha value is -3.17. The van der Waals surface area contributed by atoms with Crippen LogP contribution < -0.4 is 0 Å². The topological polar surface area (TPSA) is 72.8 Å². The van der Waals surface area contributed by atoms with E-state index in [0.717, 1.165) is 6.20 Å². The van der Waals surface area contributed by atoms with Gasteiger partial charge in [0.25, 0.3) is 0 Å². The molecule has 0 amide bonds. The Labute approximate surface area is 144 Å². The van der Waals surface area contributed by atoms with Gasteiger partial charge in [-0.05, 0) is 18.2 Å². The lowest BCUT2D eigenvalue weighted by Crippen LogP contribution is -2.13. The van der Waals surface area contributed by atoms with Crippen LogP contribution in [0.4, 0.5) is 17.6 Å². The minimum atomic E-state index is -4.56. The molecule has 0 aliphatic carbocycles. The Kier molecular flexibility index (Phi) is 4.74. The quantitative estimate of drug-likeness (QED) is 0.555. The molecule has 6 nitrogen and oxygen atoms in total. The van der Waals surface area contributed by atoms with Crippen LogP contribution in [0.1, 0.15) is 21.7 Å². The van der Waals surface area contributed by atoms with Crippen molar-refractivity contribution in [2.24, 2.45) is 0 Å². The van der Waals surface area contributed by atoms with Gasteiger partial charge in [-0.25, -0.2) is 13.9 Å². The highest BCUT2D eigenvalue weighted by molar-refractivity contribution is 5.87. The normalized spacial score (nSPS) is 11.5.